The van der Waals surface area contributed by atoms with Gasteiger partial charge < -0.3 is 0 Å². The number of fused-ring (bicyclic) bond motifs is 1. The first-order chi connectivity index (χ1) is 8.54. The predicted molar refractivity (Wildman–Crippen MR) is 83.6 cm³/mol. The van der Waals surface area contributed by atoms with Crippen LogP contribution in [0.5, 0.6) is 0 Å². The van der Waals surface area contributed by atoms with Crippen molar-refractivity contribution >= 4 is 30.7 Å². The lowest BCUT2D eigenvalue weighted by Crippen LogP contribution is -2.16. The van der Waals surface area contributed by atoms with Crippen LogP contribution in [0.3, 0.4) is 0 Å². The number of rotatable bonds is 2. The third-order valence-electron chi connectivity index (χ3n) is 2.33. The Hall–Kier alpha value is -1.24. The normalized spacial score (nSPS) is 11.1. The van der Waals surface area contributed by atoms with E-state index in [1.54, 1.807) is 11.8 Å². The lowest BCUT2D eigenvalue weighted by atomic mass is 10.2. The SMILES string of the molecule is C[Si](C)(C)C#CCSc1ccc2ccccc2n1. The van der Waals surface area contributed by atoms with E-state index in [0.29, 0.717) is 0 Å². The van der Waals surface area contributed by atoms with Crippen molar-refractivity contribution in [1.29, 1.82) is 0 Å². The van der Waals surface area contributed by atoms with E-state index in [1.165, 1.54) is 5.39 Å². The highest BCUT2D eigenvalue weighted by Crippen LogP contribution is 2.19. The molecule has 0 N–H and O–H groups in total. The summed E-state index contributed by atoms with van der Waals surface area (Å²) in [7, 11) is -1.23. The van der Waals surface area contributed by atoms with Gasteiger partial charge in [-0.05, 0) is 12.1 Å². The van der Waals surface area contributed by atoms with Crippen LogP contribution in [0, 0.1) is 11.5 Å². The molecule has 0 amide bonds. The number of aromatic nitrogens is 1. The zero-order valence-electron chi connectivity index (χ0n) is 11.0. The number of nitrogens with zero attached hydrogens (tertiary/aromatic N) is 1. The van der Waals surface area contributed by atoms with E-state index in [4.69, 9.17) is 0 Å². The van der Waals surface area contributed by atoms with Crippen molar-refractivity contribution in [2.75, 3.05) is 5.75 Å². The monoisotopic (exact) mass is 271 g/mol. The maximum absolute atomic E-state index is 4.62. The lowest BCUT2D eigenvalue weighted by molar-refractivity contribution is 1.19. The van der Waals surface area contributed by atoms with E-state index in [-0.39, 0.29) is 0 Å². The second-order valence-electron chi connectivity index (χ2n) is 5.18. The molecule has 0 aliphatic rings. The van der Waals surface area contributed by atoms with Crippen LogP contribution in [0.25, 0.3) is 10.9 Å². The summed E-state index contributed by atoms with van der Waals surface area (Å²) in [6.45, 7) is 6.79. The maximum Gasteiger partial charge on any atom is 0.129 e. The number of pyridine rings is 1. The summed E-state index contributed by atoms with van der Waals surface area (Å²) in [6.07, 6.45) is 0. The maximum atomic E-state index is 4.62. The van der Waals surface area contributed by atoms with Gasteiger partial charge in [0, 0.05) is 5.39 Å². The molecule has 0 spiro atoms. The van der Waals surface area contributed by atoms with E-state index in [0.717, 1.165) is 16.3 Å². The first-order valence-electron chi connectivity index (χ1n) is 6.03. The topological polar surface area (TPSA) is 12.9 Å². The average molecular weight is 271 g/mol. The molecule has 0 aliphatic heterocycles. The fourth-order valence-electron chi connectivity index (χ4n) is 1.54. The molecule has 2 rings (SSSR count). The first-order valence-corrected chi connectivity index (χ1v) is 10.5. The highest BCUT2D eigenvalue weighted by atomic mass is 32.2. The zero-order chi connectivity index (χ0) is 13.0. The van der Waals surface area contributed by atoms with Gasteiger partial charge in [-0.15, -0.1) is 5.54 Å². The van der Waals surface area contributed by atoms with E-state index in [2.05, 4.69) is 54.3 Å². The Morgan fingerprint density at radius 1 is 1.11 bits per heavy atom. The third kappa shape index (κ3) is 3.90. The van der Waals surface area contributed by atoms with Crippen LogP contribution in [-0.4, -0.2) is 18.8 Å². The van der Waals surface area contributed by atoms with Crippen LogP contribution >= 0.6 is 11.8 Å². The number of hydrogen-bond donors (Lipinski definition) is 0. The average Bonchev–Trinajstić information content (AvgIpc) is 2.33. The zero-order valence-corrected chi connectivity index (χ0v) is 12.8. The molecule has 92 valence electrons. The van der Waals surface area contributed by atoms with Crippen LogP contribution < -0.4 is 0 Å². The molecule has 1 nitrogen and oxygen atoms in total. The Labute approximate surface area is 114 Å². The summed E-state index contributed by atoms with van der Waals surface area (Å²) < 4.78 is 0. The van der Waals surface area contributed by atoms with Gasteiger partial charge in [-0.2, -0.15) is 0 Å². The standard InChI is InChI=1S/C15H17NSSi/c1-18(2,3)12-6-11-17-15-10-9-13-7-4-5-8-14(13)16-15/h4-5,7-10H,11H2,1-3H3. The molecule has 2 aromatic rings. The molecular formula is C15H17NSSi. The Kier molecular flexibility index (Phi) is 4.10. The van der Waals surface area contributed by atoms with Crippen LogP contribution in [0.2, 0.25) is 19.6 Å². The number of benzene rings is 1. The summed E-state index contributed by atoms with van der Waals surface area (Å²) in [5.41, 5.74) is 4.43. The molecule has 18 heavy (non-hydrogen) atoms. The molecule has 0 saturated heterocycles. The second kappa shape index (κ2) is 5.60. The fourth-order valence-corrected chi connectivity index (χ4v) is 2.91. The Bertz CT molecular complexity index is 605. The summed E-state index contributed by atoms with van der Waals surface area (Å²) >= 11 is 1.71. The van der Waals surface area contributed by atoms with Crippen molar-refractivity contribution < 1.29 is 0 Å². The lowest BCUT2D eigenvalue weighted by Gasteiger charge is -2.03. The van der Waals surface area contributed by atoms with E-state index in [9.17, 15) is 0 Å². The van der Waals surface area contributed by atoms with Gasteiger partial charge >= 0.3 is 0 Å². The minimum absolute atomic E-state index is 0.829. The molecule has 0 bridgehead atoms. The molecule has 0 saturated carbocycles. The van der Waals surface area contributed by atoms with Crippen LogP contribution in [0.4, 0.5) is 0 Å². The van der Waals surface area contributed by atoms with Crippen molar-refractivity contribution in [3.05, 3.63) is 36.4 Å². The van der Waals surface area contributed by atoms with Gasteiger partial charge in [-0.25, -0.2) is 4.98 Å². The van der Waals surface area contributed by atoms with Crippen molar-refractivity contribution in [3.63, 3.8) is 0 Å². The molecule has 0 unspecified atom stereocenters. The summed E-state index contributed by atoms with van der Waals surface area (Å²) in [6, 6.07) is 12.4. The van der Waals surface area contributed by atoms with Gasteiger partial charge in [0.15, 0.2) is 0 Å². The van der Waals surface area contributed by atoms with Gasteiger partial charge in [0.2, 0.25) is 0 Å². The number of hydrogen-bond acceptors (Lipinski definition) is 2. The van der Waals surface area contributed by atoms with Crippen LogP contribution in [0.15, 0.2) is 41.4 Å². The van der Waals surface area contributed by atoms with Crippen molar-refractivity contribution in [2.24, 2.45) is 0 Å². The Balaban J connectivity index is 2.06. The van der Waals surface area contributed by atoms with Crippen molar-refractivity contribution in [1.82, 2.24) is 4.98 Å². The molecule has 0 fully saturated rings. The van der Waals surface area contributed by atoms with Crippen molar-refractivity contribution in [2.45, 2.75) is 24.7 Å². The molecule has 1 aromatic carbocycles. The van der Waals surface area contributed by atoms with Crippen molar-refractivity contribution in [3.8, 4) is 11.5 Å². The molecular weight excluding hydrogens is 254 g/mol. The molecule has 0 aliphatic carbocycles. The molecule has 1 heterocycles. The highest BCUT2D eigenvalue weighted by molar-refractivity contribution is 7.99. The van der Waals surface area contributed by atoms with E-state index >= 15 is 0 Å². The summed E-state index contributed by atoms with van der Waals surface area (Å²) in [5.74, 6) is 4.09. The van der Waals surface area contributed by atoms with Gasteiger partial charge in [-0.3, -0.25) is 0 Å². The van der Waals surface area contributed by atoms with Crippen LogP contribution in [-0.2, 0) is 0 Å². The fraction of sp³-hybridized carbons (Fsp3) is 0.267. The second-order valence-corrected chi connectivity index (χ2v) is 10.9. The minimum atomic E-state index is -1.23. The molecule has 1 aromatic heterocycles. The quantitative estimate of drug-likeness (QED) is 0.461. The highest BCUT2D eigenvalue weighted by Gasteiger charge is 2.07. The van der Waals surface area contributed by atoms with E-state index in [1.807, 2.05) is 18.2 Å². The summed E-state index contributed by atoms with van der Waals surface area (Å²) in [4.78, 5) is 4.62. The smallest absolute Gasteiger partial charge is 0.129 e. The van der Waals surface area contributed by atoms with Gasteiger partial charge in [0.25, 0.3) is 0 Å². The Morgan fingerprint density at radius 3 is 2.67 bits per heavy atom. The number of para-hydroxylation sites is 1. The van der Waals surface area contributed by atoms with Crippen LogP contribution in [0.1, 0.15) is 0 Å². The third-order valence-corrected chi connectivity index (χ3v) is 4.07. The number of thioether (sulfide) groups is 1. The molecule has 0 radical (unpaired) electrons. The Morgan fingerprint density at radius 2 is 1.89 bits per heavy atom. The molecule has 3 heteroatoms. The van der Waals surface area contributed by atoms with Gasteiger partial charge in [-0.1, -0.05) is 61.6 Å². The predicted octanol–water partition coefficient (Wildman–Crippen LogP) is 4.21. The molecule has 0 atom stereocenters. The van der Waals surface area contributed by atoms with E-state index < -0.39 is 8.07 Å². The van der Waals surface area contributed by atoms with Gasteiger partial charge in [0.05, 0.1) is 16.3 Å². The first kappa shape index (κ1) is 13.2. The largest absolute Gasteiger partial charge is 0.241 e. The minimum Gasteiger partial charge on any atom is -0.241 e. The van der Waals surface area contributed by atoms with Gasteiger partial charge in [0.1, 0.15) is 8.07 Å². The summed E-state index contributed by atoms with van der Waals surface area (Å²) in [5, 5.41) is 2.24.